The molecule has 0 saturated carbocycles. The molecule has 7 nitrogen and oxygen atoms in total. The minimum Gasteiger partial charge on any atom is -0.478 e. The Balaban J connectivity index is 1.53. The van der Waals surface area contributed by atoms with Crippen molar-refractivity contribution in [3.05, 3.63) is 72.3 Å². The minimum absolute atomic E-state index is 0.0523. The lowest BCUT2D eigenvalue weighted by Crippen LogP contribution is -2.39. The minimum atomic E-state index is -1.00. The van der Waals surface area contributed by atoms with E-state index in [9.17, 15) is 14.7 Å². The standard InChI is InChI=1S/C22H22N4O3/c27-21(26-11-9-16(10-12-26)13-25-14-23-24-15-25)19-7-3-1-5-17(19)18-6-2-4-8-20(18)22(28)29/h1-8,14-16H,9-13H2,(H,28,29). The number of likely N-dealkylation sites (tertiary alicyclic amines) is 1. The van der Waals surface area contributed by atoms with Gasteiger partial charge in [-0.25, -0.2) is 4.79 Å². The molecule has 1 saturated heterocycles. The van der Waals surface area contributed by atoms with Crippen LogP contribution in [0.3, 0.4) is 0 Å². The van der Waals surface area contributed by atoms with Crippen molar-refractivity contribution in [1.82, 2.24) is 19.7 Å². The average Bonchev–Trinajstić information content (AvgIpc) is 3.27. The first-order valence-corrected chi connectivity index (χ1v) is 9.67. The fourth-order valence-corrected chi connectivity index (χ4v) is 3.91. The molecule has 2 heterocycles. The smallest absolute Gasteiger partial charge is 0.336 e. The Kier molecular flexibility index (Phi) is 5.37. The number of carboxylic acids is 1. The maximum Gasteiger partial charge on any atom is 0.336 e. The van der Waals surface area contributed by atoms with E-state index < -0.39 is 5.97 Å². The molecule has 1 fully saturated rings. The third-order valence-corrected chi connectivity index (χ3v) is 5.44. The van der Waals surface area contributed by atoms with Crippen molar-refractivity contribution in [3.63, 3.8) is 0 Å². The first-order valence-electron chi connectivity index (χ1n) is 9.67. The highest BCUT2D eigenvalue weighted by atomic mass is 16.4. The van der Waals surface area contributed by atoms with Crippen LogP contribution in [0.5, 0.6) is 0 Å². The van der Waals surface area contributed by atoms with E-state index in [-0.39, 0.29) is 11.5 Å². The number of aromatic nitrogens is 3. The molecular weight excluding hydrogens is 368 g/mol. The fraction of sp³-hybridized carbons (Fsp3) is 0.273. The molecule has 4 rings (SSSR count). The van der Waals surface area contributed by atoms with Gasteiger partial charge in [0.25, 0.3) is 5.91 Å². The maximum atomic E-state index is 13.3. The highest BCUT2D eigenvalue weighted by Crippen LogP contribution is 2.29. The molecule has 2 aromatic carbocycles. The van der Waals surface area contributed by atoms with Crippen LogP contribution < -0.4 is 0 Å². The maximum absolute atomic E-state index is 13.3. The van der Waals surface area contributed by atoms with Crippen LogP contribution in [0.25, 0.3) is 11.1 Å². The molecule has 0 atom stereocenters. The summed E-state index contributed by atoms with van der Waals surface area (Å²) in [5, 5.41) is 17.2. The molecule has 0 bridgehead atoms. The van der Waals surface area contributed by atoms with Crippen LogP contribution in [-0.4, -0.2) is 49.7 Å². The summed E-state index contributed by atoms with van der Waals surface area (Å²) in [4.78, 5) is 26.8. The predicted molar refractivity (Wildman–Crippen MR) is 107 cm³/mol. The number of rotatable bonds is 5. The molecule has 0 aliphatic carbocycles. The second-order valence-electron chi connectivity index (χ2n) is 7.29. The summed E-state index contributed by atoms with van der Waals surface area (Å²) >= 11 is 0. The number of carboxylic acid groups (broad SMARTS) is 1. The van der Waals surface area contributed by atoms with E-state index in [1.807, 2.05) is 27.7 Å². The Morgan fingerprint density at radius 2 is 1.45 bits per heavy atom. The van der Waals surface area contributed by atoms with Gasteiger partial charge in [0.05, 0.1) is 5.56 Å². The van der Waals surface area contributed by atoms with Crippen LogP contribution in [0.2, 0.25) is 0 Å². The normalized spacial score (nSPS) is 14.7. The molecule has 0 spiro atoms. The largest absolute Gasteiger partial charge is 0.478 e. The second-order valence-corrected chi connectivity index (χ2v) is 7.29. The molecule has 1 aromatic heterocycles. The lowest BCUT2D eigenvalue weighted by atomic mass is 9.93. The van der Waals surface area contributed by atoms with Crippen molar-refractivity contribution in [2.24, 2.45) is 5.92 Å². The number of aromatic carboxylic acids is 1. The fourth-order valence-electron chi connectivity index (χ4n) is 3.91. The van der Waals surface area contributed by atoms with Gasteiger partial charge < -0.3 is 14.6 Å². The molecule has 1 aliphatic heterocycles. The summed E-state index contributed by atoms with van der Waals surface area (Å²) in [5.74, 6) is -0.570. The van der Waals surface area contributed by atoms with E-state index >= 15 is 0 Å². The number of amides is 1. The van der Waals surface area contributed by atoms with Gasteiger partial charge in [0, 0.05) is 25.2 Å². The van der Waals surface area contributed by atoms with Crippen molar-refractivity contribution in [1.29, 1.82) is 0 Å². The number of carbonyl (C=O) groups excluding carboxylic acids is 1. The van der Waals surface area contributed by atoms with Gasteiger partial charge in [-0.2, -0.15) is 0 Å². The van der Waals surface area contributed by atoms with Gasteiger partial charge in [-0.15, -0.1) is 10.2 Å². The molecule has 1 aliphatic rings. The van der Waals surface area contributed by atoms with Gasteiger partial charge in [0.1, 0.15) is 12.7 Å². The van der Waals surface area contributed by atoms with Crippen molar-refractivity contribution >= 4 is 11.9 Å². The number of nitrogens with zero attached hydrogens (tertiary/aromatic N) is 4. The van der Waals surface area contributed by atoms with Gasteiger partial charge in [0.15, 0.2) is 0 Å². The van der Waals surface area contributed by atoms with Crippen LogP contribution in [0.15, 0.2) is 61.2 Å². The summed E-state index contributed by atoms with van der Waals surface area (Å²) in [7, 11) is 0. The Bertz CT molecular complexity index is 1010. The molecule has 1 N–H and O–H groups in total. The molecular formula is C22H22N4O3. The third kappa shape index (κ3) is 4.03. The van der Waals surface area contributed by atoms with Crippen LogP contribution in [0, 0.1) is 5.92 Å². The second kappa shape index (κ2) is 8.26. The van der Waals surface area contributed by atoms with Gasteiger partial charge >= 0.3 is 5.97 Å². The molecule has 0 radical (unpaired) electrons. The Morgan fingerprint density at radius 3 is 2.07 bits per heavy atom. The molecule has 7 heteroatoms. The highest BCUT2D eigenvalue weighted by Gasteiger charge is 2.26. The molecule has 148 valence electrons. The number of piperidine rings is 1. The summed E-state index contributed by atoms with van der Waals surface area (Å²) in [6, 6.07) is 14.0. The quantitative estimate of drug-likeness (QED) is 0.723. The summed E-state index contributed by atoms with van der Waals surface area (Å²) in [5.41, 5.74) is 1.95. The zero-order valence-electron chi connectivity index (χ0n) is 15.9. The van der Waals surface area contributed by atoms with E-state index in [1.54, 1.807) is 43.0 Å². The zero-order valence-corrected chi connectivity index (χ0v) is 15.9. The summed E-state index contributed by atoms with van der Waals surface area (Å²) < 4.78 is 1.97. The van der Waals surface area contributed by atoms with Gasteiger partial charge in [-0.3, -0.25) is 4.79 Å². The van der Waals surface area contributed by atoms with Gasteiger partial charge in [0.2, 0.25) is 0 Å². The van der Waals surface area contributed by atoms with Crippen LogP contribution in [0.4, 0.5) is 0 Å². The molecule has 29 heavy (non-hydrogen) atoms. The molecule has 1 amide bonds. The monoisotopic (exact) mass is 390 g/mol. The van der Waals surface area contributed by atoms with E-state index in [0.717, 1.165) is 19.4 Å². The average molecular weight is 390 g/mol. The van der Waals surface area contributed by atoms with Crippen molar-refractivity contribution < 1.29 is 14.7 Å². The highest BCUT2D eigenvalue weighted by molar-refractivity contribution is 6.04. The first kappa shape index (κ1) is 18.9. The SMILES string of the molecule is O=C(O)c1ccccc1-c1ccccc1C(=O)N1CCC(Cn2cnnc2)CC1. The number of hydrogen-bond donors (Lipinski definition) is 1. The van der Waals surface area contributed by atoms with E-state index in [4.69, 9.17) is 0 Å². The Morgan fingerprint density at radius 1 is 0.897 bits per heavy atom. The van der Waals surface area contributed by atoms with Crippen molar-refractivity contribution in [3.8, 4) is 11.1 Å². The topological polar surface area (TPSA) is 88.3 Å². The van der Waals surface area contributed by atoms with E-state index in [1.165, 1.54) is 0 Å². The Labute approximate surface area is 168 Å². The van der Waals surface area contributed by atoms with Crippen LogP contribution in [0.1, 0.15) is 33.6 Å². The predicted octanol–water partition coefficient (Wildman–Crippen LogP) is 3.20. The van der Waals surface area contributed by atoms with Crippen molar-refractivity contribution in [2.45, 2.75) is 19.4 Å². The van der Waals surface area contributed by atoms with Crippen molar-refractivity contribution in [2.75, 3.05) is 13.1 Å². The first-order chi connectivity index (χ1) is 14.1. The van der Waals surface area contributed by atoms with E-state index in [2.05, 4.69) is 10.2 Å². The zero-order chi connectivity index (χ0) is 20.2. The number of hydrogen-bond acceptors (Lipinski definition) is 4. The summed E-state index contributed by atoms with van der Waals surface area (Å²) in [6.07, 6.45) is 5.26. The summed E-state index contributed by atoms with van der Waals surface area (Å²) in [6.45, 7) is 2.22. The molecule has 0 unspecified atom stereocenters. The van der Waals surface area contributed by atoms with Crippen LogP contribution >= 0.6 is 0 Å². The van der Waals surface area contributed by atoms with E-state index in [0.29, 0.717) is 35.7 Å². The number of benzene rings is 2. The lowest BCUT2D eigenvalue weighted by Gasteiger charge is -2.32. The lowest BCUT2D eigenvalue weighted by molar-refractivity contribution is 0.0677. The van der Waals surface area contributed by atoms with Gasteiger partial charge in [-0.1, -0.05) is 36.4 Å². The third-order valence-electron chi connectivity index (χ3n) is 5.44. The number of carbonyl (C=O) groups is 2. The molecule has 3 aromatic rings. The van der Waals surface area contributed by atoms with Crippen LogP contribution in [-0.2, 0) is 6.54 Å². The Hall–Kier alpha value is -3.48. The van der Waals surface area contributed by atoms with Gasteiger partial charge in [-0.05, 0) is 42.0 Å².